The van der Waals surface area contributed by atoms with E-state index in [1.54, 1.807) is 18.5 Å². The Morgan fingerprint density at radius 3 is 2.58 bits per heavy atom. The Balaban J connectivity index is 1.29. The highest BCUT2D eigenvalue weighted by Crippen LogP contribution is 2.26. The fourth-order valence-corrected chi connectivity index (χ4v) is 4.89. The molecule has 4 rings (SSSR count). The van der Waals surface area contributed by atoms with Crippen molar-refractivity contribution in [3.8, 4) is 0 Å². The van der Waals surface area contributed by atoms with Crippen LogP contribution in [0.2, 0.25) is 0 Å². The maximum absolute atomic E-state index is 13.2. The predicted molar refractivity (Wildman–Crippen MR) is 123 cm³/mol. The molecule has 33 heavy (non-hydrogen) atoms. The van der Waals surface area contributed by atoms with Crippen LogP contribution in [0.4, 0.5) is 5.82 Å². The van der Waals surface area contributed by atoms with Crippen molar-refractivity contribution in [2.45, 2.75) is 32.2 Å². The van der Waals surface area contributed by atoms with Gasteiger partial charge in [0.05, 0.1) is 0 Å². The number of rotatable bonds is 6. The van der Waals surface area contributed by atoms with Gasteiger partial charge in [-0.1, -0.05) is 5.16 Å². The molecule has 9 nitrogen and oxygen atoms in total. The molecular weight excluding hydrogens is 420 g/mol. The average molecular weight is 454 g/mol. The van der Waals surface area contributed by atoms with E-state index in [9.17, 15) is 10.0 Å². The van der Waals surface area contributed by atoms with E-state index in [1.165, 1.54) is 7.11 Å². The maximum atomic E-state index is 13.2. The highest BCUT2D eigenvalue weighted by atomic mass is 16.6. The van der Waals surface area contributed by atoms with Crippen LogP contribution in [0.1, 0.15) is 36.9 Å². The van der Waals surface area contributed by atoms with Crippen molar-refractivity contribution in [2.75, 3.05) is 39.0 Å². The number of pyridine rings is 2. The number of hydrogen-bond acceptors (Lipinski definition) is 7. The van der Waals surface area contributed by atoms with E-state index in [2.05, 4.69) is 15.0 Å². The minimum atomic E-state index is 0.0844. The van der Waals surface area contributed by atoms with E-state index in [0.29, 0.717) is 24.6 Å². The fourth-order valence-electron chi connectivity index (χ4n) is 4.89. The van der Waals surface area contributed by atoms with Gasteiger partial charge in [0, 0.05) is 54.5 Å². The van der Waals surface area contributed by atoms with Gasteiger partial charge in [0.2, 0.25) is 12.1 Å². The molecule has 176 valence electrons. The second kappa shape index (κ2) is 10.6. The molecule has 0 radical (unpaired) electrons. The van der Waals surface area contributed by atoms with Gasteiger partial charge in [-0.25, -0.2) is 4.98 Å². The molecule has 0 spiro atoms. The summed E-state index contributed by atoms with van der Waals surface area (Å²) in [5, 5.41) is 14.4. The first kappa shape index (κ1) is 23.0. The van der Waals surface area contributed by atoms with Crippen molar-refractivity contribution in [2.24, 2.45) is 17.0 Å². The average Bonchev–Trinajstić information content (AvgIpc) is 2.83. The lowest BCUT2D eigenvalue weighted by atomic mass is 9.88. The third-order valence-corrected chi connectivity index (χ3v) is 6.67. The van der Waals surface area contributed by atoms with Gasteiger partial charge in [-0.05, 0) is 62.5 Å². The lowest BCUT2D eigenvalue weighted by molar-refractivity contribution is -0.905. The predicted octanol–water partition coefficient (Wildman–Crippen LogP) is 1.69. The Labute approximate surface area is 194 Å². The van der Waals surface area contributed by atoms with Gasteiger partial charge in [0.15, 0.2) is 5.71 Å². The highest BCUT2D eigenvalue weighted by Gasteiger charge is 2.34. The number of nitrogens with two attached hydrogens (primary N) is 1. The van der Waals surface area contributed by atoms with Crippen molar-refractivity contribution in [1.29, 1.82) is 0 Å². The summed E-state index contributed by atoms with van der Waals surface area (Å²) in [6.07, 6.45) is 6.67. The van der Waals surface area contributed by atoms with Crippen molar-refractivity contribution in [3.05, 3.63) is 54.0 Å². The van der Waals surface area contributed by atoms with Gasteiger partial charge in [-0.3, -0.25) is 14.9 Å². The van der Waals surface area contributed by atoms with Crippen molar-refractivity contribution in [1.82, 2.24) is 14.8 Å². The summed E-state index contributed by atoms with van der Waals surface area (Å²) in [7, 11) is 1.51. The van der Waals surface area contributed by atoms with Crippen LogP contribution in [0.15, 0.2) is 47.9 Å². The Kier molecular flexibility index (Phi) is 7.39. The smallest absolute Gasteiger partial charge is 0.282 e. The maximum Gasteiger partial charge on any atom is 0.282 e. The molecule has 0 aliphatic carbocycles. The van der Waals surface area contributed by atoms with E-state index >= 15 is 0 Å². The Hall–Kier alpha value is -3.20. The van der Waals surface area contributed by atoms with Crippen LogP contribution in [-0.4, -0.2) is 64.9 Å². The van der Waals surface area contributed by atoms with Crippen LogP contribution >= 0.6 is 0 Å². The van der Waals surface area contributed by atoms with Crippen molar-refractivity contribution >= 4 is 17.4 Å². The molecule has 0 aromatic carbocycles. The van der Waals surface area contributed by atoms with Gasteiger partial charge in [-0.2, -0.15) is 0 Å². The summed E-state index contributed by atoms with van der Waals surface area (Å²) in [4.78, 5) is 26.7. The van der Waals surface area contributed by atoms with Gasteiger partial charge < -0.3 is 15.5 Å². The summed E-state index contributed by atoms with van der Waals surface area (Å²) in [6, 6.07) is 9.35. The second-order valence-electron chi connectivity index (χ2n) is 8.83. The molecule has 2 saturated heterocycles. The van der Waals surface area contributed by atoms with E-state index in [4.69, 9.17) is 10.6 Å². The van der Waals surface area contributed by atoms with Crippen LogP contribution < -0.4 is 10.5 Å². The second-order valence-corrected chi connectivity index (χ2v) is 8.83. The van der Waals surface area contributed by atoms with E-state index < -0.39 is 0 Å². The van der Waals surface area contributed by atoms with Crippen LogP contribution in [0, 0.1) is 11.8 Å². The molecule has 2 fully saturated rings. The fraction of sp³-hybridized carbons (Fsp3) is 0.500. The van der Waals surface area contributed by atoms with E-state index in [0.717, 1.165) is 61.3 Å². The molecule has 4 heterocycles. The number of aromatic nitrogens is 2. The zero-order valence-electron chi connectivity index (χ0n) is 19.1. The van der Waals surface area contributed by atoms with Gasteiger partial charge in [-0.15, -0.1) is 0 Å². The lowest BCUT2D eigenvalue weighted by Gasteiger charge is -2.37. The molecule has 2 aliphatic rings. The highest BCUT2D eigenvalue weighted by molar-refractivity contribution is 5.99. The number of hydrogen-bond donors (Lipinski definition) is 2. The molecule has 0 bridgehead atoms. The molecular formula is C24H33N6O3+. The summed E-state index contributed by atoms with van der Waals surface area (Å²) < 4.78 is 1.07. The number of anilines is 1. The van der Waals surface area contributed by atoms with E-state index in [-0.39, 0.29) is 17.7 Å². The molecule has 0 atom stereocenters. The Morgan fingerprint density at radius 1 is 1.18 bits per heavy atom. The Morgan fingerprint density at radius 2 is 1.91 bits per heavy atom. The first-order chi connectivity index (χ1) is 16.0. The number of nitrogen functional groups attached to an aromatic ring is 1. The first-order valence-electron chi connectivity index (χ1n) is 11.6. The standard InChI is InChI=1S/C24H33N6O3/c1-33-27-23(21-4-2-3-11-30(21)32)19-8-14-29(15-9-19)24(31)20-6-12-28(13-7-20)17-18-5-10-26-22(25)16-18/h2-5,10-11,16,19-20,32H,6-9,12-15,17H2,1H3,(H2,25,26)/q+1/b27-23+. The molecule has 1 amide bonds. The monoisotopic (exact) mass is 453 g/mol. The summed E-state index contributed by atoms with van der Waals surface area (Å²) in [5.74, 6) is 1.02. The van der Waals surface area contributed by atoms with Crippen LogP contribution in [0.25, 0.3) is 0 Å². The topological polar surface area (TPSA) is 108 Å². The normalized spacial score (nSPS) is 18.9. The third kappa shape index (κ3) is 5.60. The number of piperidine rings is 2. The largest absolute Gasteiger partial charge is 0.399 e. The minimum absolute atomic E-state index is 0.0844. The van der Waals surface area contributed by atoms with Gasteiger partial charge in [0.25, 0.3) is 5.69 Å². The van der Waals surface area contributed by atoms with Crippen molar-refractivity contribution < 1.29 is 19.6 Å². The SMILES string of the molecule is CO/N=C(/c1cccc[n+]1O)C1CCN(C(=O)C2CCN(Cc3ccnc(N)c3)CC2)CC1. The number of likely N-dealkylation sites (tertiary alicyclic amines) is 2. The van der Waals surface area contributed by atoms with Crippen LogP contribution in [0.3, 0.4) is 0 Å². The number of nitrogens with zero attached hydrogens (tertiary/aromatic N) is 5. The summed E-state index contributed by atoms with van der Waals surface area (Å²) in [6.45, 7) is 4.04. The van der Waals surface area contributed by atoms with Gasteiger partial charge >= 0.3 is 0 Å². The number of amides is 1. The molecule has 2 aliphatic heterocycles. The third-order valence-electron chi connectivity index (χ3n) is 6.67. The number of carbonyl (C=O) groups excluding carboxylic acids is 1. The van der Waals surface area contributed by atoms with Crippen molar-refractivity contribution in [3.63, 3.8) is 0 Å². The molecule has 2 aromatic rings. The molecule has 9 heteroatoms. The quantitative estimate of drug-likeness (QED) is 0.298. The number of carbonyl (C=O) groups is 1. The number of oxime groups is 1. The van der Waals surface area contributed by atoms with Crippen LogP contribution in [0.5, 0.6) is 0 Å². The first-order valence-corrected chi connectivity index (χ1v) is 11.6. The summed E-state index contributed by atoms with van der Waals surface area (Å²) in [5.41, 5.74) is 8.28. The molecule has 3 N–H and O–H groups in total. The van der Waals surface area contributed by atoms with Crippen LogP contribution in [-0.2, 0) is 16.2 Å². The zero-order chi connectivity index (χ0) is 23.2. The minimum Gasteiger partial charge on any atom is -0.399 e. The van der Waals surface area contributed by atoms with Gasteiger partial charge in [0.1, 0.15) is 12.9 Å². The van der Waals surface area contributed by atoms with E-state index in [1.807, 2.05) is 29.2 Å². The Bertz CT molecular complexity index is 982. The lowest BCUT2D eigenvalue weighted by Crippen LogP contribution is -2.47. The molecule has 0 unspecified atom stereocenters. The zero-order valence-corrected chi connectivity index (χ0v) is 19.1. The summed E-state index contributed by atoms with van der Waals surface area (Å²) >= 11 is 0. The molecule has 2 aromatic heterocycles. The molecule has 0 saturated carbocycles.